The summed E-state index contributed by atoms with van der Waals surface area (Å²) in [6.45, 7) is 3.80. The molecule has 0 aromatic heterocycles. The summed E-state index contributed by atoms with van der Waals surface area (Å²) in [4.78, 5) is 6.84. The zero-order chi connectivity index (χ0) is 22.8. The minimum absolute atomic E-state index is 0.413. The fourth-order valence-corrected chi connectivity index (χ4v) is 3.16. The van der Waals surface area contributed by atoms with Crippen molar-refractivity contribution in [2.45, 2.75) is 20.0 Å². The van der Waals surface area contributed by atoms with Crippen LogP contribution in [0.25, 0.3) is 0 Å². The van der Waals surface area contributed by atoms with Crippen LogP contribution in [-0.2, 0) is 13.1 Å². The van der Waals surface area contributed by atoms with Gasteiger partial charge >= 0.3 is 0 Å². The third kappa shape index (κ3) is 6.10. The number of ether oxygens (including phenoxy) is 5. The van der Waals surface area contributed by atoms with Crippen LogP contribution in [0, 0.1) is 0 Å². The van der Waals surface area contributed by atoms with Gasteiger partial charge in [-0.3, -0.25) is 0 Å². The summed E-state index contributed by atoms with van der Waals surface area (Å²) in [7, 11) is 10.1. The lowest BCUT2D eigenvalue weighted by atomic mass is 10.1. The van der Waals surface area contributed by atoms with Gasteiger partial charge in [0.1, 0.15) is 17.2 Å². The monoisotopic (exact) mass is 431 g/mol. The highest BCUT2D eigenvalue weighted by molar-refractivity contribution is 5.79. The first-order valence-corrected chi connectivity index (χ1v) is 10.00. The number of benzene rings is 2. The summed E-state index contributed by atoms with van der Waals surface area (Å²) in [6, 6.07) is 9.49. The number of methoxy groups -OCH3 is 5. The molecule has 0 saturated carbocycles. The maximum absolute atomic E-state index is 5.53. The Morgan fingerprint density at radius 2 is 1.42 bits per heavy atom. The summed E-state index contributed by atoms with van der Waals surface area (Å²) < 4.78 is 27.1. The molecule has 31 heavy (non-hydrogen) atoms. The van der Waals surface area contributed by atoms with Crippen molar-refractivity contribution in [2.75, 3.05) is 49.1 Å². The van der Waals surface area contributed by atoms with Crippen molar-refractivity contribution in [1.82, 2.24) is 10.2 Å². The van der Waals surface area contributed by atoms with Gasteiger partial charge in [-0.2, -0.15) is 0 Å². The minimum Gasteiger partial charge on any atom is -0.497 e. The SMILES string of the molecule is CCNC(=NCc1cc(OC)c(OC)cc1OC)N(C)Cc1ccc(OC)cc1OC. The van der Waals surface area contributed by atoms with E-state index in [1.54, 1.807) is 35.5 Å². The second-order valence-corrected chi connectivity index (χ2v) is 6.72. The predicted octanol–water partition coefficient (Wildman–Crippen LogP) is 3.33. The lowest BCUT2D eigenvalue weighted by molar-refractivity contribution is 0.347. The molecular weight excluding hydrogens is 398 g/mol. The lowest BCUT2D eigenvalue weighted by Crippen LogP contribution is -2.38. The minimum atomic E-state index is 0.413. The van der Waals surface area contributed by atoms with Crippen molar-refractivity contribution in [3.8, 4) is 28.7 Å². The second kappa shape index (κ2) is 11.8. The normalized spacial score (nSPS) is 11.0. The number of rotatable bonds is 10. The highest BCUT2D eigenvalue weighted by Crippen LogP contribution is 2.35. The molecule has 2 aromatic rings. The maximum atomic E-state index is 5.53. The predicted molar refractivity (Wildman–Crippen MR) is 122 cm³/mol. The molecule has 2 aromatic carbocycles. The number of hydrogen-bond donors (Lipinski definition) is 1. The van der Waals surface area contributed by atoms with E-state index in [4.69, 9.17) is 28.7 Å². The van der Waals surface area contributed by atoms with E-state index in [-0.39, 0.29) is 0 Å². The molecule has 8 heteroatoms. The molecule has 2 rings (SSSR count). The van der Waals surface area contributed by atoms with Crippen molar-refractivity contribution in [1.29, 1.82) is 0 Å². The van der Waals surface area contributed by atoms with Gasteiger partial charge in [-0.1, -0.05) is 0 Å². The zero-order valence-corrected chi connectivity index (χ0v) is 19.4. The summed E-state index contributed by atoms with van der Waals surface area (Å²) in [5.41, 5.74) is 1.92. The van der Waals surface area contributed by atoms with Gasteiger partial charge in [-0.05, 0) is 25.1 Å². The Balaban J connectivity index is 2.27. The van der Waals surface area contributed by atoms with Crippen LogP contribution in [0.15, 0.2) is 35.3 Å². The van der Waals surface area contributed by atoms with Crippen LogP contribution in [0.3, 0.4) is 0 Å². The Hall–Kier alpha value is -3.29. The fraction of sp³-hybridized carbons (Fsp3) is 0.435. The highest BCUT2D eigenvalue weighted by atomic mass is 16.5. The van der Waals surface area contributed by atoms with Gasteiger partial charge in [-0.15, -0.1) is 0 Å². The molecule has 0 aliphatic heterocycles. The number of hydrogen-bond acceptors (Lipinski definition) is 6. The van der Waals surface area contributed by atoms with Gasteiger partial charge in [0.05, 0.1) is 42.1 Å². The van der Waals surface area contributed by atoms with E-state index in [0.29, 0.717) is 30.3 Å². The molecule has 0 aliphatic rings. The van der Waals surface area contributed by atoms with E-state index >= 15 is 0 Å². The summed E-state index contributed by atoms with van der Waals surface area (Å²) in [6.07, 6.45) is 0. The van der Waals surface area contributed by atoms with Crippen molar-refractivity contribution >= 4 is 5.96 Å². The van der Waals surface area contributed by atoms with E-state index in [0.717, 1.165) is 35.1 Å². The molecule has 0 unspecified atom stereocenters. The van der Waals surface area contributed by atoms with E-state index in [9.17, 15) is 0 Å². The lowest BCUT2D eigenvalue weighted by Gasteiger charge is -2.23. The van der Waals surface area contributed by atoms with Crippen LogP contribution in [-0.4, -0.2) is 60.0 Å². The largest absolute Gasteiger partial charge is 0.497 e. The van der Waals surface area contributed by atoms with Crippen LogP contribution in [0.5, 0.6) is 28.7 Å². The van der Waals surface area contributed by atoms with Crippen LogP contribution < -0.4 is 29.0 Å². The summed E-state index contributed by atoms with van der Waals surface area (Å²) in [5.74, 6) is 4.22. The van der Waals surface area contributed by atoms with E-state index < -0.39 is 0 Å². The van der Waals surface area contributed by atoms with Crippen LogP contribution >= 0.6 is 0 Å². The van der Waals surface area contributed by atoms with Crippen molar-refractivity contribution < 1.29 is 23.7 Å². The average Bonchev–Trinajstić information content (AvgIpc) is 2.81. The van der Waals surface area contributed by atoms with Crippen LogP contribution in [0.2, 0.25) is 0 Å². The third-order valence-electron chi connectivity index (χ3n) is 4.78. The Morgan fingerprint density at radius 3 is 2.00 bits per heavy atom. The molecule has 1 N–H and O–H groups in total. The quantitative estimate of drug-likeness (QED) is 0.457. The molecule has 0 amide bonds. The summed E-state index contributed by atoms with van der Waals surface area (Å²) in [5, 5.41) is 3.34. The molecule has 0 spiro atoms. The van der Waals surface area contributed by atoms with Gasteiger partial charge in [0.2, 0.25) is 0 Å². The zero-order valence-electron chi connectivity index (χ0n) is 19.4. The Labute approximate surface area is 184 Å². The molecule has 0 aliphatic carbocycles. The number of nitrogens with zero attached hydrogens (tertiary/aromatic N) is 2. The molecule has 0 saturated heterocycles. The third-order valence-corrected chi connectivity index (χ3v) is 4.78. The Bertz CT molecular complexity index is 886. The molecule has 0 fully saturated rings. The molecule has 8 nitrogen and oxygen atoms in total. The van der Waals surface area contributed by atoms with Gasteiger partial charge in [0, 0.05) is 43.4 Å². The molecule has 0 atom stereocenters. The second-order valence-electron chi connectivity index (χ2n) is 6.72. The van der Waals surface area contributed by atoms with Crippen molar-refractivity contribution in [3.05, 3.63) is 41.5 Å². The smallest absolute Gasteiger partial charge is 0.194 e. The molecular formula is C23H33N3O5. The van der Waals surface area contributed by atoms with Crippen molar-refractivity contribution in [2.24, 2.45) is 4.99 Å². The number of aliphatic imine (C=N–C) groups is 1. The topological polar surface area (TPSA) is 73.8 Å². The number of nitrogens with one attached hydrogen (secondary N) is 1. The van der Waals surface area contributed by atoms with Gasteiger partial charge in [0.15, 0.2) is 17.5 Å². The van der Waals surface area contributed by atoms with E-state index in [1.165, 1.54) is 0 Å². The number of guanidine groups is 1. The first-order valence-electron chi connectivity index (χ1n) is 10.00. The average molecular weight is 432 g/mol. The highest BCUT2D eigenvalue weighted by Gasteiger charge is 2.14. The molecule has 0 radical (unpaired) electrons. The Morgan fingerprint density at radius 1 is 0.806 bits per heavy atom. The fourth-order valence-electron chi connectivity index (χ4n) is 3.16. The van der Waals surface area contributed by atoms with Crippen LogP contribution in [0.4, 0.5) is 0 Å². The van der Waals surface area contributed by atoms with Crippen LogP contribution in [0.1, 0.15) is 18.1 Å². The van der Waals surface area contributed by atoms with Crippen molar-refractivity contribution in [3.63, 3.8) is 0 Å². The van der Waals surface area contributed by atoms with E-state index in [2.05, 4.69) is 5.32 Å². The van der Waals surface area contributed by atoms with E-state index in [1.807, 2.05) is 49.2 Å². The molecule has 0 bridgehead atoms. The first-order chi connectivity index (χ1) is 15.0. The Kier molecular flexibility index (Phi) is 9.12. The molecule has 0 heterocycles. The standard InChI is InChI=1S/C23H33N3O5/c1-8-24-23(26(2)15-16-9-10-18(27-3)12-19(16)28-4)25-14-17-11-21(30-6)22(31-7)13-20(17)29-5/h9-13H,8,14-15H2,1-7H3,(H,24,25). The molecule has 170 valence electrons. The van der Waals surface area contributed by atoms with Gasteiger partial charge < -0.3 is 33.9 Å². The maximum Gasteiger partial charge on any atom is 0.194 e. The van der Waals surface area contributed by atoms with Gasteiger partial charge in [0.25, 0.3) is 0 Å². The first kappa shape index (κ1) is 24.0. The van der Waals surface area contributed by atoms with Gasteiger partial charge in [-0.25, -0.2) is 4.99 Å². The summed E-state index contributed by atoms with van der Waals surface area (Å²) >= 11 is 0.